The van der Waals surface area contributed by atoms with Crippen LogP contribution in [-0.2, 0) is 9.59 Å². The summed E-state index contributed by atoms with van der Waals surface area (Å²) in [6, 6.07) is 6.88. The van der Waals surface area contributed by atoms with E-state index in [9.17, 15) is 14.4 Å². The first-order valence-electron chi connectivity index (χ1n) is 7.64. The molecule has 0 aliphatic heterocycles. The van der Waals surface area contributed by atoms with Crippen molar-refractivity contribution >= 4 is 29.3 Å². The molecule has 7 heteroatoms. The maximum atomic E-state index is 11.8. The summed E-state index contributed by atoms with van der Waals surface area (Å²) in [6.45, 7) is 0.398. The molecule has 3 N–H and O–H groups in total. The summed E-state index contributed by atoms with van der Waals surface area (Å²) in [6.07, 6.45) is 2.81. The molecule has 1 saturated carbocycles. The molecule has 1 aromatic rings. The number of rotatable bonds is 8. The van der Waals surface area contributed by atoms with E-state index in [1.807, 2.05) is 0 Å². The maximum Gasteiger partial charge on any atom is 0.251 e. The van der Waals surface area contributed by atoms with Gasteiger partial charge in [-0.15, -0.1) is 0 Å². The van der Waals surface area contributed by atoms with Gasteiger partial charge in [-0.25, -0.2) is 0 Å². The molecule has 124 valence electrons. The maximum absolute atomic E-state index is 11.8. The molecule has 6 nitrogen and oxygen atoms in total. The van der Waals surface area contributed by atoms with Crippen LogP contribution >= 0.6 is 11.6 Å². The Morgan fingerprint density at radius 1 is 1.04 bits per heavy atom. The predicted octanol–water partition coefficient (Wildman–Crippen LogP) is 1.24. The number of halogens is 1. The largest absolute Gasteiger partial charge is 0.352 e. The lowest BCUT2D eigenvalue weighted by Crippen LogP contribution is -2.38. The first-order valence-corrected chi connectivity index (χ1v) is 8.02. The summed E-state index contributed by atoms with van der Waals surface area (Å²) in [5.74, 6) is -0.556. The Bertz CT molecular complexity index is 570. The number of carbonyl (C=O) groups is 3. The minimum Gasteiger partial charge on any atom is -0.352 e. The van der Waals surface area contributed by atoms with Gasteiger partial charge in [0, 0.05) is 29.6 Å². The fraction of sp³-hybridized carbons (Fsp3) is 0.438. The molecule has 0 heterocycles. The van der Waals surface area contributed by atoms with E-state index in [2.05, 4.69) is 16.0 Å². The Kier molecular flexibility index (Phi) is 6.40. The molecule has 2 rings (SSSR count). The van der Waals surface area contributed by atoms with E-state index < -0.39 is 0 Å². The molecule has 1 aliphatic carbocycles. The van der Waals surface area contributed by atoms with Crippen LogP contribution in [0.25, 0.3) is 0 Å². The molecule has 1 aromatic carbocycles. The van der Waals surface area contributed by atoms with Crippen LogP contribution in [0, 0.1) is 0 Å². The summed E-state index contributed by atoms with van der Waals surface area (Å²) < 4.78 is 0. The molecular weight excluding hydrogens is 318 g/mol. The summed E-state index contributed by atoms with van der Waals surface area (Å²) >= 11 is 5.76. The number of hydrogen-bond acceptors (Lipinski definition) is 3. The Labute approximate surface area is 140 Å². The van der Waals surface area contributed by atoms with Gasteiger partial charge in [0.2, 0.25) is 11.8 Å². The van der Waals surface area contributed by atoms with Gasteiger partial charge in [-0.1, -0.05) is 11.6 Å². The van der Waals surface area contributed by atoms with Crippen molar-refractivity contribution in [1.82, 2.24) is 16.0 Å². The van der Waals surface area contributed by atoms with Gasteiger partial charge in [-0.2, -0.15) is 0 Å². The highest BCUT2D eigenvalue weighted by atomic mass is 35.5. The number of amides is 3. The van der Waals surface area contributed by atoms with E-state index in [-0.39, 0.29) is 30.7 Å². The van der Waals surface area contributed by atoms with E-state index in [4.69, 9.17) is 11.6 Å². The monoisotopic (exact) mass is 337 g/mol. The Morgan fingerprint density at radius 2 is 1.74 bits per heavy atom. The van der Waals surface area contributed by atoms with Crippen molar-refractivity contribution in [3.63, 3.8) is 0 Å². The van der Waals surface area contributed by atoms with E-state index in [0.717, 1.165) is 12.8 Å². The van der Waals surface area contributed by atoms with Gasteiger partial charge in [0.1, 0.15) is 0 Å². The van der Waals surface area contributed by atoms with E-state index >= 15 is 0 Å². The molecule has 0 aromatic heterocycles. The molecule has 0 saturated heterocycles. The van der Waals surface area contributed by atoms with E-state index in [1.165, 1.54) is 0 Å². The zero-order valence-electron chi connectivity index (χ0n) is 12.7. The number of hydrogen-bond donors (Lipinski definition) is 3. The van der Waals surface area contributed by atoms with Crippen LogP contribution in [0.3, 0.4) is 0 Å². The van der Waals surface area contributed by atoms with E-state index in [1.54, 1.807) is 24.3 Å². The first kappa shape index (κ1) is 17.3. The third kappa shape index (κ3) is 6.69. The molecule has 1 aliphatic rings. The van der Waals surface area contributed by atoms with Crippen molar-refractivity contribution in [3.05, 3.63) is 34.9 Å². The standard InChI is InChI=1S/C16H20ClN3O3/c17-12-5-3-11(4-6-12)16(23)18-9-1-2-14(21)19-10-15(22)20-13-7-8-13/h3-6,13H,1-2,7-10H2,(H,18,23)(H,19,21)(H,20,22). The average Bonchev–Trinajstić information content (AvgIpc) is 3.34. The predicted molar refractivity (Wildman–Crippen MR) is 87.2 cm³/mol. The third-order valence-electron chi connectivity index (χ3n) is 3.36. The molecule has 1 fully saturated rings. The third-order valence-corrected chi connectivity index (χ3v) is 3.61. The Balaban J connectivity index is 1.55. The molecule has 3 amide bonds. The lowest BCUT2D eigenvalue weighted by Gasteiger charge is -2.07. The smallest absolute Gasteiger partial charge is 0.251 e. The fourth-order valence-corrected chi connectivity index (χ4v) is 2.05. The van der Waals surface area contributed by atoms with Crippen molar-refractivity contribution in [3.8, 4) is 0 Å². The first-order chi connectivity index (χ1) is 11.0. The Hall–Kier alpha value is -2.08. The summed E-state index contributed by atoms with van der Waals surface area (Å²) in [4.78, 5) is 34.8. The highest BCUT2D eigenvalue weighted by molar-refractivity contribution is 6.30. The van der Waals surface area contributed by atoms with Gasteiger partial charge >= 0.3 is 0 Å². The SMILES string of the molecule is O=C(CCCNC(=O)c1ccc(Cl)cc1)NCC(=O)NC1CC1. The quantitative estimate of drug-likeness (QED) is 0.624. The fourth-order valence-electron chi connectivity index (χ4n) is 1.93. The second-order valence-corrected chi connectivity index (χ2v) is 5.92. The molecule has 0 bridgehead atoms. The highest BCUT2D eigenvalue weighted by Gasteiger charge is 2.23. The molecule has 0 atom stereocenters. The number of carbonyl (C=O) groups excluding carboxylic acids is 3. The lowest BCUT2D eigenvalue weighted by molar-refractivity contribution is -0.126. The van der Waals surface area contributed by atoms with Crippen LogP contribution < -0.4 is 16.0 Å². The summed E-state index contributed by atoms with van der Waals surface area (Å²) in [5, 5.41) is 8.66. The van der Waals surface area contributed by atoms with Gasteiger partial charge in [0.25, 0.3) is 5.91 Å². The molecule has 23 heavy (non-hydrogen) atoms. The zero-order valence-corrected chi connectivity index (χ0v) is 13.5. The topological polar surface area (TPSA) is 87.3 Å². The van der Waals surface area contributed by atoms with Gasteiger partial charge in [0.05, 0.1) is 6.54 Å². The van der Waals surface area contributed by atoms with Crippen LogP contribution in [0.15, 0.2) is 24.3 Å². The van der Waals surface area contributed by atoms with Crippen LogP contribution in [0.2, 0.25) is 5.02 Å². The van der Waals surface area contributed by atoms with E-state index in [0.29, 0.717) is 29.6 Å². The second kappa shape index (κ2) is 8.53. The lowest BCUT2D eigenvalue weighted by atomic mass is 10.2. The van der Waals surface area contributed by atoms with Crippen LogP contribution in [-0.4, -0.2) is 36.9 Å². The molecular formula is C16H20ClN3O3. The van der Waals surface area contributed by atoms with Crippen molar-refractivity contribution in [2.24, 2.45) is 0 Å². The second-order valence-electron chi connectivity index (χ2n) is 5.48. The van der Waals surface area contributed by atoms with Crippen molar-refractivity contribution in [1.29, 1.82) is 0 Å². The molecule has 0 unspecified atom stereocenters. The molecule has 0 spiro atoms. The van der Waals surface area contributed by atoms with Crippen molar-refractivity contribution in [2.45, 2.75) is 31.7 Å². The van der Waals surface area contributed by atoms with Crippen molar-refractivity contribution < 1.29 is 14.4 Å². The summed E-state index contributed by atoms with van der Waals surface area (Å²) in [5.41, 5.74) is 0.524. The van der Waals surface area contributed by atoms with Gasteiger partial charge in [-0.05, 0) is 43.5 Å². The minimum absolute atomic E-state index is 0.00642. The minimum atomic E-state index is -0.203. The van der Waals surface area contributed by atoms with Gasteiger partial charge < -0.3 is 16.0 Å². The number of benzene rings is 1. The van der Waals surface area contributed by atoms with Crippen molar-refractivity contribution in [2.75, 3.05) is 13.1 Å². The van der Waals surface area contributed by atoms with Gasteiger partial charge in [0.15, 0.2) is 0 Å². The van der Waals surface area contributed by atoms with Crippen LogP contribution in [0.5, 0.6) is 0 Å². The van der Waals surface area contributed by atoms with Gasteiger partial charge in [-0.3, -0.25) is 14.4 Å². The zero-order chi connectivity index (χ0) is 16.7. The highest BCUT2D eigenvalue weighted by Crippen LogP contribution is 2.18. The molecule has 0 radical (unpaired) electrons. The van der Waals surface area contributed by atoms with Crippen LogP contribution in [0.1, 0.15) is 36.0 Å². The van der Waals surface area contributed by atoms with Crippen LogP contribution in [0.4, 0.5) is 0 Å². The average molecular weight is 338 g/mol. The summed E-state index contributed by atoms with van der Waals surface area (Å²) in [7, 11) is 0. The number of nitrogens with one attached hydrogen (secondary N) is 3. The Morgan fingerprint density at radius 3 is 2.39 bits per heavy atom. The normalized spacial score (nSPS) is 13.3.